The van der Waals surface area contributed by atoms with Crippen molar-refractivity contribution in [1.29, 1.82) is 0 Å². The highest BCUT2D eigenvalue weighted by Gasteiger charge is 2.24. The minimum Gasteiger partial charge on any atom is -0.391 e. The quantitative estimate of drug-likeness (QED) is 0.890. The number of hydrogen-bond donors (Lipinski definition) is 1. The van der Waals surface area contributed by atoms with Gasteiger partial charge in [0.25, 0.3) is 0 Å². The number of rotatable bonds is 3. The van der Waals surface area contributed by atoms with Crippen LogP contribution in [0.1, 0.15) is 26.7 Å². The molecule has 0 spiro atoms. The summed E-state index contributed by atoms with van der Waals surface area (Å²) in [5.41, 5.74) is 2.52. The molecule has 0 fully saturated rings. The second kappa shape index (κ2) is 5.61. The third-order valence-corrected chi connectivity index (χ3v) is 3.90. The highest BCUT2D eigenvalue weighted by Crippen LogP contribution is 2.33. The molecule has 2 rings (SSSR count). The van der Waals surface area contributed by atoms with Gasteiger partial charge in [-0.25, -0.2) is 0 Å². The first-order valence-corrected chi connectivity index (χ1v) is 6.88. The van der Waals surface area contributed by atoms with Crippen LogP contribution in [0.2, 0.25) is 0 Å². The van der Waals surface area contributed by atoms with Gasteiger partial charge in [-0.1, -0.05) is 19.1 Å². The third-order valence-electron chi connectivity index (χ3n) is 3.90. The van der Waals surface area contributed by atoms with Crippen molar-refractivity contribution >= 4 is 11.4 Å². The molecule has 3 nitrogen and oxygen atoms in total. The minimum absolute atomic E-state index is 0.246. The summed E-state index contributed by atoms with van der Waals surface area (Å²) in [6.07, 6.45) is 1.69. The van der Waals surface area contributed by atoms with Gasteiger partial charge in [0, 0.05) is 26.2 Å². The maximum Gasteiger partial charge on any atom is 0.0712 e. The van der Waals surface area contributed by atoms with Gasteiger partial charge in [0.15, 0.2) is 0 Å². The number of nitrogens with zero attached hydrogens (tertiary/aromatic N) is 2. The first-order chi connectivity index (χ1) is 8.63. The van der Waals surface area contributed by atoms with E-state index in [0.717, 1.165) is 25.9 Å². The molecule has 1 N–H and O–H groups in total. The Bertz CT molecular complexity index is 394. The molecule has 1 aliphatic heterocycles. The van der Waals surface area contributed by atoms with Crippen LogP contribution in [0.25, 0.3) is 0 Å². The summed E-state index contributed by atoms with van der Waals surface area (Å²) in [5.74, 6) is 0. The normalized spacial score (nSPS) is 21.4. The van der Waals surface area contributed by atoms with E-state index in [2.05, 4.69) is 48.0 Å². The molecule has 1 aromatic carbocycles. The summed E-state index contributed by atoms with van der Waals surface area (Å²) < 4.78 is 0. The Hall–Kier alpha value is -1.22. The third kappa shape index (κ3) is 2.61. The molecule has 2 atom stereocenters. The van der Waals surface area contributed by atoms with Crippen LogP contribution in [-0.2, 0) is 0 Å². The van der Waals surface area contributed by atoms with E-state index >= 15 is 0 Å². The molecule has 1 unspecified atom stereocenters. The molecule has 1 aliphatic rings. The SMILES string of the molecule is CC[C@@H](O)CN1c2ccccc2N(C)CCC1C. The van der Waals surface area contributed by atoms with Gasteiger partial charge in [-0.15, -0.1) is 0 Å². The number of hydrogen-bond acceptors (Lipinski definition) is 3. The Labute approximate surface area is 110 Å². The van der Waals surface area contributed by atoms with Gasteiger partial charge in [-0.2, -0.15) is 0 Å². The zero-order valence-corrected chi connectivity index (χ0v) is 11.6. The number of benzene rings is 1. The number of aliphatic hydroxyl groups is 1. The van der Waals surface area contributed by atoms with Gasteiger partial charge in [0.2, 0.25) is 0 Å². The van der Waals surface area contributed by atoms with Crippen molar-refractivity contribution in [2.24, 2.45) is 0 Å². The van der Waals surface area contributed by atoms with Crippen LogP contribution in [0.15, 0.2) is 24.3 Å². The van der Waals surface area contributed by atoms with E-state index in [4.69, 9.17) is 0 Å². The van der Waals surface area contributed by atoms with Crippen LogP contribution >= 0.6 is 0 Å². The number of para-hydroxylation sites is 2. The van der Waals surface area contributed by atoms with Gasteiger partial charge in [0.1, 0.15) is 0 Å². The van der Waals surface area contributed by atoms with E-state index in [9.17, 15) is 5.11 Å². The summed E-state index contributed by atoms with van der Waals surface area (Å²) in [4.78, 5) is 4.66. The van der Waals surface area contributed by atoms with Crippen molar-refractivity contribution < 1.29 is 5.11 Å². The first-order valence-electron chi connectivity index (χ1n) is 6.88. The molecule has 100 valence electrons. The smallest absolute Gasteiger partial charge is 0.0712 e. The lowest BCUT2D eigenvalue weighted by Gasteiger charge is -2.32. The Morgan fingerprint density at radius 3 is 2.67 bits per heavy atom. The van der Waals surface area contributed by atoms with Gasteiger partial charge < -0.3 is 14.9 Å². The fraction of sp³-hybridized carbons (Fsp3) is 0.600. The largest absolute Gasteiger partial charge is 0.391 e. The topological polar surface area (TPSA) is 26.7 Å². The molecule has 0 saturated carbocycles. The average Bonchev–Trinajstić information content (AvgIpc) is 2.51. The highest BCUT2D eigenvalue weighted by molar-refractivity contribution is 5.72. The standard InChI is InChI=1S/C15H24N2O/c1-4-13(18)11-17-12(2)9-10-16(3)14-7-5-6-8-15(14)17/h5-8,12-13,18H,4,9-11H2,1-3H3/t12?,13-/m1/s1. The maximum absolute atomic E-state index is 9.96. The van der Waals surface area contributed by atoms with Gasteiger partial charge >= 0.3 is 0 Å². The van der Waals surface area contributed by atoms with Crippen LogP contribution in [0.3, 0.4) is 0 Å². The first kappa shape index (κ1) is 13.2. The van der Waals surface area contributed by atoms with Crippen LogP contribution in [0, 0.1) is 0 Å². The predicted molar refractivity (Wildman–Crippen MR) is 77.4 cm³/mol. The molecular formula is C15H24N2O. The van der Waals surface area contributed by atoms with Crippen LogP contribution in [0.5, 0.6) is 0 Å². The summed E-state index contributed by atoms with van der Waals surface area (Å²) in [7, 11) is 2.14. The van der Waals surface area contributed by atoms with Gasteiger partial charge in [0.05, 0.1) is 17.5 Å². The maximum atomic E-state index is 9.96. The Balaban J connectivity index is 2.33. The van der Waals surface area contributed by atoms with Crippen molar-refractivity contribution in [1.82, 2.24) is 0 Å². The molecule has 0 amide bonds. The lowest BCUT2D eigenvalue weighted by molar-refractivity contribution is 0.173. The van der Waals surface area contributed by atoms with Crippen LogP contribution in [-0.4, -0.2) is 37.4 Å². The summed E-state index contributed by atoms with van der Waals surface area (Å²) >= 11 is 0. The molecule has 0 aliphatic carbocycles. The van der Waals surface area contributed by atoms with Crippen molar-refractivity contribution in [3.63, 3.8) is 0 Å². The molecule has 1 heterocycles. The Kier molecular flexibility index (Phi) is 4.12. The van der Waals surface area contributed by atoms with Gasteiger partial charge in [-0.05, 0) is 31.9 Å². The second-order valence-corrected chi connectivity index (χ2v) is 5.26. The van der Waals surface area contributed by atoms with E-state index in [-0.39, 0.29) is 6.10 Å². The predicted octanol–water partition coefficient (Wildman–Crippen LogP) is 2.49. The summed E-state index contributed by atoms with van der Waals surface area (Å²) in [6.45, 7) is 6.07. The van der Waals surface area contributed by atoms with Crippen LogP contribution < -0.4 is 9.80 Å². The number of anilines is 2. The van der Waals surface area contributed by atoms with Crippen molar-refractivity contribution in [3.05, 3.63) is 24.3 Å². The van der Waals surface area contributed by atoms with E-state index in [1.807, 2.05) is 6.92 Å². The monoisotopic (exact) mass is 248 g/mol. The zero-order chi connectivity index (χ0) is 13.1. The Morgan fingerprint density at radius 2 is 2.00 bits per heavy atom. The summed E-state index contributed by atoms with van der Waals surface area (Å²) in [5, 5.41) is 9.96. The molecular weight excluding hydrogens is 224 g/mol. The van der Waals surface area contributed by atoms with Crippen LogP contribution in [0.4, 0.5) is 11.4 Å². The molecule has 3 heteroatoms. The van der Waals surface area contributed by atoms with E-state index in [1.165, 1.54) is 11.4 Å². The van der Waals surface area contributed by atoms with E-state index in [1.54, 1.807) is 0 Å². The van der Waals surface area contributed by atoms with Crippen molar-refractivity contribution in [3.8, 4) is 0 Å². The van der Waals surface area contributed by atoms with Crippen molar-refractivity contribution in [2.45, 2.75) is 38.8 Å². The van der Waals surface area contributed by atoms with E-state index in [0.29, 0.717) is 6.04 Å². The van der Waals surface area contributed by atoms with Gasteiger partial charge in [-0.3, -0.25) is 0 Å². The average molecular weight is 248 g/mol. The molecule has 0 radical (unpaired) electrons. The molecule has 0 saturated heterocycles. The van der Waals surface area contributed by atoms with E-state index < -0.39 is 0 Å². The molecule has 0 bridgehead atoms. The Morgan fingerprint density at radius 1 is 1.33 bits per heavy atom. The van der Waals surface area contributed by atoms with Crippen molar-refractivity contribution in [2.75, 3.05) is 29.9 Å². The lowest BCUT2D eigenvalue weighted by Crippen LogP contribution is -2.38. The number of aliphatic hydroxyl groups excluding tert-OH is 1. The fourth-order valence-electron chi connectivity index (χ4n) is 2.56. The molecule has 18 heavy (non-hydrogen) atoms. The number of β-amino-alcohol motifs (C(OH)–C–C–N with tert-alkyl or cyclic N) is 1. The second-order valence-electron chi connectivity index (χ2n) is 5.26. The summed E-state index contributed by atoms with van der Waals surface area (Å²) in [6, 6.07) is 8.96. The fourth-order valence-corrected chi connectivity index (χ4v) is 2.56. The minimum atomic E-state index is -0.246. The lowest BCUT2D eigenvalue weighted by atomic mass is 10.1. The zero-order valence-electron chi connectivity index (χ0n) is 11.6. The highest BCUT2D eigenvalue weighted by atomic mass is 16.3. The molecule has 1 aromatic rings. The number of fused-ring (bicyclic) bond motifs is 1. The molecule has 0 aromatic heterocycles.